The van der Waals surface area contributed by atoms with Gasteiger partial charge in [0.25, 0.3) is 0 Å². The standard InChI is InChI=1S/C31H32NOP/c1-31(2,3)28-22-30(32-29-20-19-24(21-27(28)29)23-13-7-4-8-14-23)34(33,25-15-9-5-10-16-25)26-17-11-6-12-18-26/h4-21,28,30,32H,22H2,1-3H3. The third kappa shape index (κ3) is 4.12. The quantitative estimate of drug-likeness (QED) is 0.314. The fraction of sp³-hybridized carbons (Fsp3) is 0.226. The summed E-state index contributed by atoms with van der Waals surface area (Å²) in [6, 6.07) is 37.3. The van der Waals surface area contributed by atoms with Gasteiger partial charge in [0.1, 0.15) is 0 Å². The van der Waals surface area contributed by atoms with Gasteiger partial charge in [0, 0.05) is 16.3 Å². The molecule has 2 nitrogen and oxygen atoms in total. The molecule has 0 radical (unpaired) electrons. The van der Waals surface area contributed by atoms with Crippen molar-refractivity contribution in [2.24, 2.45) is 5.41 Å². The topological polar surface area (TPSA) is 29.1 Å². The van der Waals surface area contributed by atoms with Gasteiger partial charge >= 0.3 is 0 Å². The number of benzene rings is 4. The molecule has 1 aliphatic heterocycles. The van der Waals surface area contributed by atoms with Crippen molar-refractivity contribution < 1.29 is 4.57 Å². The lowest BCUT2D eigenvalue weighted by Gasteiger charge is -2.43. The summed E-state index contributed by atoms with van der Waals surface area (Å²) in [4.78, 5) is 0. The van der Waals surface area contributed by atoms with Crippen LogP contribution in [0.15, 0.2) is 109 Å². The van der Waals surface area contributed by atoms with Crippen LogP contribution in [0.25, 0.3) is 11.1 Å². The lowest BCUT2D eigenvalue weighted by atomic mass is 9.72. The lowest BCUT2D eigenvalue weighted by molar-refractivity contribution is 0.300. The number of hydrogen-bond acceptors (Lipinski definition) is 2. The van der Waals surface area contributed by atoms with E-state index in [2.05, 4.69) is 74.6 Å². The summed E-state index contributed by atoms with van der Waals surface area (Å²) in [5, 5.41) is 5.58. The molecular weight excluding hydrogens is 433 g/mol. The molecule has 1 heterocycles. The molecule has 0 fully saturated rings. The summed E-state index contributed by atoms with van der Waals surface area (Å²) < 4.78 is 15.1. The zero-order valence-corrected chi connectivity index (χ0v) is 21.0. The molecule has 34 heavy (non-hydrogen) atoms. The van der Waals surface area contributed by atoms with E-state index in [1.807, 2.05) is 60.7 Å². The van der Waals surface area contributed by atoms with Gasteiger partial charge in [0.2, 0.25) is 0 Å². The van der Waals surface area contributed by atoms with Crippen LogP contribution in [0.3, 0.4) is 0 Å². The van der Waals surface area contributed by atoms with Gasteiger partial charge in [-0.3, -0.25) is 0 Å². The molecule has 5 rings (SSSR count). The van der Waals surface area contributed by atoms with Gasteiger partial charge in [-0.05, 0) is 46.6 Å². The van der Waals surface area contributed by atoms with Crippen LogP contribution >= 0.6 is 7.14 Å². The lowest BCUT2D eigenvalue weighted by Crippen LogP contribution is -2.38. The van der Waals surface area contributed by atoms with Crippen molar-refractivity contribution >= 4 is 23.4 Å². The SMILES string of the molecule is CC(C)(C)C1CC(P(=O)(c2ccccc2)c2ccccc2)Nc2ccc(-c3ccccc3)cc21. The zero-order valence-electron chi connectivity index (χ0n) is 20.1. The highest BCUT2D eigenvalue weighted by Crippen LogP contribution is 2.57. The maximum absolute atomic E-state index is 15.1. The number of rotatable bonds is 4. The second kappa shape index (κ2) is 8.93. The van der Waals surface area contributed by atoms with E-state index in [9.17, 15) is 0 Å². The molecule has 0 aliphatic carbocycles. The van der Waals surface area contributed by atoms with Crippen LogP contribution in [0.5, 0.6) is 0 Å². The molecule has 0 amide bonds. The third-order valence-corrected chi connectivity index (χ3v) is 10.4. The predicted molar refractivity (Wildman–Crippen MR) is 146 cm³/mol. The van der Waals surface area contributed by atoms with E-state index in [0.717, 1.165) is 22.7 Å². The van der Waals surface area contributed by atoms with Crippen LogP contribution in [-0.4, -0.2) is 5.78 Å². The summed E-state index contributed by atoms with van der Waals surface area (Å²) in [5.74, 6) is 0.106. The maximum Gasteiger partial charge on any atom is 0.164 e. The molecule has 4 aromatic rings. The first-order valence-corrected chi connectivity index (χ1v) is 13.8. The van der Waals surface area contributed by atoms with Crippen LogP contribution in [0.4, 0.5) is 5.69 Å². The van der Waals surface area contributed by atoms with Gasteiger partial charge in [-0.2, -0.15) is 0 Å². The normalized spacial score (nSPS) is 18.1. The van der Waals surface area contributed by atoms with E-state index >= 15 is 4.57 Å². The van der Waals surface area contributed by atoms with Crippen molar-refractivity contribution in [1.29, 1.82) is 0 Å². The van der Waals surface area contributed by atoms with Crippen molar-refractivity contribution in [3.63, 3.8) is 0 Å². The fourth-order valence-electron chi connectivity index (χ4n) is 5.25. The molecule has 0 aromatic heterocycles. The van der Waals surface area contributed by atoms with Crippen molar-refractivity contribution in [3.8, 4) is 11.1 Å². The van der Waals surface area contributed by atoms with Gasteiger partial charge in [-0.15, -0.1) is 0 Å². The van der Waals surface area contributed by atoms with E-state index in [1.54, 1.807) is 0 Å². The van der Waals surface area contributed by atoms with Crippen molar-refractivity contribution in [1.82, 2.24) is 0 Å². The van der Waals surface area contributed by atoms with Crippen LogP contribution < -0.4 is 15.9 Å². The molecule has 3 heteroatoms. The third-order valence-electron chi connectivity index (χ3n) is 7.08. The molecule has 2 atom stereocenters. The Hall–Kier alpha value is -3.09. The second-order valence-corrected chi connectivity index (χ2v) is 13.3. The molecule has 0 spiro atoms. The first-order valence-electron chi connectivity index (χ1n) is 12.0. The predicted octanol–water partition coefficient (Wildman–Crippen LogP) is 7.64. The molecule has 2 unspecified atom stereocenters. The summed E-state index contributed by atoms with van der Waals surface area (Å²) >= 11 is 0. The maximum atomic E-state index is 15.1. The van der Waals surface area contributed by atoms with Gasteiger partial charge in [0.05, 0.1) is 5.78 Å². The Labute approximate surface area is 203 Å². The summed E-state index contributed by atoms with van der Waals surface area (Å²) in [6.45, 7) is 6.90. The number of fused-ring (bicyclic) bond motifs is 1. The Morgan fingerprint density at radius 2 is 1.24 bits per heavy atom. The van der Waals surface area contributed by atoms with Gasteiger partial charge in [-0.1, -0.05) is 118 Å². The first-order chi connectivity index (χ1) is 16.4. The van der Waals surface area contributed by atoms with E-state index in [0.29, 0.717) is 0 Å². The first kappa shape index (κ1) is 22.7. The van der Waals surface area contributed by atoms with E-state index in [-0.39, 0.29) is 17.1 Å². The highest BCUT2D eigenvalue weighted by atomic mass is 31.2. The Kier molecular flexibility index (Phi) is 5.96. The average molecular weight is 466 g/mol. The molecule has 1 aliphatic rings. The fourth-order valence-corrected chi connectivity index (χ4v) is 8.33. The molecule has 0 saturated heterocycles. The number of nitrogens with one attached hydrogen (secondary N) is 1. The van der Waals surface area contributed by atoms with Gasteiger partial charge in [-0.25, -0.2) is 0 Å². The van der Waals surface area contributed by atoms with Crippen molar-refractivity contribution in [2.45, 2.75) is 38.9 Å². The van der Waals surface area contributed by atoms with Crippen LogP contribution in [0.1, 0.15) is 38.7 Å². The van der Waals surface area contributed by atoms with Gasteiger partial charge < -0.3 is 9.88 Å². The molecule has 172 valence electrons. The smallest absolute Gasteiger partial charge is 0.164 e. The molecular formula is C31H32NOP. The Balaban J connectivity index is 1.64. The van der Waals surface area contributed by atoms with E-state index in [1.165, 1.54) is 16.7 Å². The number of anilines is 1. The zero-order chi connectivity index (χ0) is 23.8. The van der Waals surface area contributed by atoms with Gasteiger partial charge in [0.15, 0.2) is 7.14 Å². The van der Waals surface area contributed by atoms with Crippen LogP contribution in [-0.2, 0) is 4.57 Å². The van der Waals surface area contributed by atoms with Crippen LogP contribution in [0, 0.1) is 5.41 Å². The Morgan fingerprint density at radius 1 is 0.706 bits per heavy atom. The van der Waals surface area contributed by atoms with E-state index < -0.39 is 7.14 Å². The molecule has 4 aromatic carbocycles. The minimum absolute atomic E-state index is 0.0304. The number of hydrogen-bond donors (Lipinski definition) is 1. The highest BCUT2D eigenvalue weighted by Gasteiger charge is 2.44. The average Bonchev–Trinajstić information content (AvgIpc) is 2.88. The van der Waals surface area contributed by atoms with E-state index in [4.69, 9.17) is 0 Å². The van der Waals surface area contributed by atoms with Crippen LogP contribution in [0.2, 0.25) is 0 Å². The summed E-state index contributed by atoms with van der Waals surface area (Å²) in [7, 11) is -2.94. The Morgan fingerprint density at radius 3 is 1.76 bits per heavy atom. The molecule has 0 saturated carbocycles. The van der Waals surface area contributed by atoms with Crippen molar-refractivity contribution in [3.05, 3.63) is 115 Å². The second-order valence-electron chi connectivity index (χ2n) is 10.3. The molecule has 0 bridgehead atoms. The minimum atomic E-state index is -2.94. The van der Waals surface area contributed by atoms with Crippen molar-refractivity contribution in [2.75, 3.05) is 5.32 Å². The summed E-state index contributed by atoms with van der Waals surface area (Å²) in [6.07, 6.45) is 0.815. The molecule has 1 N–H and O–H groups in total. The Bertz CT molecular complexity index is 1270. The minimum Gasteiger partial charge on any atom is -0.375 e. The monoisotopic (exact) mass is 465 g/mol. The largest absolute Gasteiger partial charge is 0.375 e. The summed E-state index contributed by atoms with van der Waals surface area (Å²) in [5.41, 5.74) is 4.89. The highest BCUT2D eigenvalue weighted by molar-refractivity contribution is 7.79.